The van der Waals surface area contributed by atoms with Gasteiger partial charge in [0.05, 0.1) is 5.56 Å². The maximum absolute atomic E-state index is 9.56. The van der Waals surface area contributed by atoms with Gasteiger partial charge in [0, 0.05) is 6.92 Å². The highest BCUT2D eigenvalue weighted by Gasteiger charge is 2.01. The van der Waals surface area contributed by atoms with Gasteiger partial charge in [-0.1, -0.05) is 42.5 Å². The van der Waals surface area contributed by atoms with Gasteiger partial charge in [0.2, 0.25) is 0 Å². The van der Waals surface area contributed by atoms with Crippen molar-refractivity contribution in [1.82, 2.24) is 0 Å². The van der Waals surface area contributed by atoms with Gasteiger partial charge >= 0.3 is 0 Å². The van der Waals surface area contributed by atoms with E-state index in [0.717, 1.165) is 12.5 Å². The lowest BCUT2D eigenvalue weighted by Crippen LogP contribution is -1.78. The van der Waals surface area contributed by atoms with Crippen LogP contribution in [0.3, 0.4) is 0 Å². The fraction of sp³-hybridized carbons (Fsp3) is 0.0625. The van der Waals surface area contributed by atoms with Gasteiger partial charge in [0.15, 0.2) is 0 Å². The maximum Gasteiger partial charge on any atom is 0.300 e. The number of phenolic OH excluding ortho intramolecular Hbond substituents is 2. The number of benzene rings is 2. The van der Waals surface area contributed by atoms with Crippen LogP contribution in [0.25, 0.3) is 12.2 Å². The summed E-state index contributed by atoms with van der Waals surface area (Å²) < 4.78 is 0. The fourth-order valence-electron chi connectivity index (χ4n) is 1.46. The summed E-state index contributed by atoms with van der Waals surface area (Å²) in [6, 6.07) is 14.4. The third-order valence-corrected chi connectivity index (χ3v) is 2.30. The van der Waals surface area contributed by atoms with Crippen molar-refractivity contribution in [2.24, 2.45) is 0 Å². The first-order chi connectivity index (χ1) is 9.50. The van der Waals surface area contributed by atoms with Crippen LogP contribution >= 0.6 is 0 Å². The lowest BCUT2D eigenvalue weighted by Gasteiger charge is -2.01. The third-order valence-electron chi connectivity index (χ3n) is 2.30. The van der Waals surface area contributed by atoms with E-state index in [1.807, 2.05) is 36.4 Å². The summed E-state index contributed by atoms with van der Waals surface area (Å²) >= 11 is 0. The van der Waals surface area contributed by atoms with Crippen molar-refractivity contribution in [2.45, 2.75) is 6.92 Å². The highest BCUT2D eigenvalue weighted by Crippen LogP contribution is 2.28. The summed E-state index contributed by atoms with van der Waals surface area (Å²) in [5.74, 6) is -0.681. The average molecular weight is 272 g/mol. The molecular formula is C16H16O4. The molecule has 20 heavy (non-hydrogen) atoms. The van der Waals surface area contributed by atoms with Crippen LogP contribution in [0.5, 0.6) is 11.5 Å². The molecule has 0 amide bonds. The predicted molar refractivity (Wildman–Crippen MR) is 78.5 cm³/mol. The smallest absolute Gasteiger partial charge is 0.300 e. The van der Waals surface area contributed by atoms with Gasteiger partial charge < -0.3 is 15.3 Å². The second-order valence-electron chi connectivity index (χ2n) is 3.97. The molecule has 0 aliphatic heterocycles. The van der Waals surface area contributed by atoms with Crippen LogP contribution in [-0.4, -0.2) is 21.3 Å². The normalized spacial score (nSPS) is 9.85. The lowest BCUT2D eigenvalue weighted by molar-refractivity contribution is -0.134. The number of rotatable bonds is 2. The summed E-state index contributed by atoms with van der Waals surface area (Å²) in [5.41, 5.74) is 1.46. The summed E-state index contributed by atoms with van der Waals surface area (Å²) in [7, 11) is 0. The van der Waals surface area contributed by atoms with Crippen molar-refractivity contribution in [3.63, 3.8) is 0 Å². The van der Waals surface area contributed by atoms with E-state index >= 15 is 0 Å². The van der Waals surface area contributed by atoms with Crippen LogP contribution in [0.15, 0.2) is 48.5 Å². The first-order valence-electron chi connectivity index (χ1n) is 5.94. The van der Waals surface area contributed by atoms with Crippen LogP contribution in [-0.2, 0) is 4.79 Å². The number of hydrogen-bond donors (Lipinski definition) is 3. The van der Waals surface area contributed by atoms with Crippen LogP contribution < -0.4 is 0 Å². The second kappa shape index (κ2) is 7.63. The van der Waals surface area contributed by atoms with Gasteiger partial charge in [0.1, 0.15) is 11.5 Å². The van der Waals surface area contributed by atoms with Gasteiger partial charge in [-0.15, -0.1) is 0 Å². The molecule has 0 saturated heterocycles. The molecule has 0 unspecified atom stereocenters. The topological polar surface area (TPSA) is 77.8 Å². The minimum absolute atomic E-state index is 0.0761. The molecule has 2 aromatic rings. The molecule has 3 N–H and O–H groups in total. The Balaban J connectivity index is 0.000000444. The first kappa shape index (κ1) is 15.3. The van der Waals surface area contributed by atoms with Crippen LogP contribution in [0.2, 0.25) is 0 Å². The molecule has 4 heteroatoms. The standard InChI is InChI=1S/C14H12O2.C2H4O2/c15-13-7-4-8-14(16)12(13)10-9-11-5-2-1-3-6-11;1-2(3)4/h1-10,15-16H;1H3,(H,3,4). The van der Waals surface area contributed by atoms with E-state index in [1.54, 1.807) is 24.3 Å². The Morgan fingerprint density at radius 2 is 1.40 bits per heavy atom. The molecule has 104 valence electrons. The van der Waals surface area contributed by atoms with Crippen molar-refractivity contribution >= 4 is 18.1 Å². The molecule has 0 radical (unpaired) electrons. The highest BCUT2D eigenvalue weighted by molar-refractivity contribution is 5.75. The van der Waals surface area contributed by atoms with E-state index in [9.17, 15) is 10.2 Å². The van der Waals surface area contributed by atoms with Crippen molar-refractivity contribution in [3.8, 4) is 11.5 Å². The Hall–Kier alpha value is -2.75. The second-order valence-corrected chi connectivity index (χ2v) is 3.97. The molecule has 0 atom stereocenters. The number of phenols is 2. The van der Waals surface area contributed by atoms with E-state index in [1.165, 1.54) is 0 Å². The molecule has 0 aliphatic carbocycles. The number of carbonyl (C=O) groups is 1. The third kappa shape index (κ3) is 5.27. The Bertz CT molecular complexity index is 564. The fourth-order valence-corrected chi connectivity index (χ4v) is 1.46. The van der Waals surface area contributed by atoms with Crippen LogP contribution in [0.4, 0.5) is 0 Å². The number of hydrogen-bond acceptors (Lipinski definition) is 3. The molecule has 0 heterocycles. The minimum atomic E-state index is -0.833. The Kier molecular flexibility index (Phi) is 5.84. The zero-order valence-corrected chi connectivity index (χ0v) is 11.0. The summed E-state index contributed by atoms with van der Waals surface area (Å²) in [6.45, 7) is 1.08. The van der Waals surface area contributed by atoms with E-state index in [2.05, 4.69) is 0 Å². The van der Waals surface area contributed by atoms with Gasteiger partial charge in [-0.25, -0.2) is 0 Å². The van der Waals surface area contributed by atoms with E-state index < -0.39 is 5.97 Å². The van der Waals surface area contributed by atoms with Crippen molar-refractivity contribution in [3.05, 3.63) is 59.7 Å². The molecule has 0 fully saturated rings. The summed E-state index contributed by atoms with van der Waals surface area (Å²) in [5, 5.41) is 26.5. The minimum Gasteiger partial charge on any atom is -0.507 e. The Morgan fingerprint density at radius 3 is 1.90 bits per heavy atom. The molecule has 0 saturated carbocycles. The van der Waals surface area contributed by atoms with Gasteiger partial charge in [-0.3, -0.25) is 4.79 Å². The highest BCUT2D eigenvalue weighted by atomic mass is 16.4. The molecule has 0 bridgehead atoms. The van der Waals surface area contributed by atoms with Gasteiger partial charge in [-0.05, 0) is 23.8 Å². The van der Waals surface area contributed by atoms with Crippen LogP contribution in [0, 0.1) is 0 Å². The number of carboxylic acid groups (broad SMARTS) is 1. The molecule has 0 spiro atoms. The largest absolute Gasteiger partial charge is 0.507 e. The average Bonchev–Trinajstić information content (AvgIpc) is 2.39. The lowest BCUT2D eigenvalue weighted by atomic mass is 10.1. The van der Waals surface area contributed by atoms with Gasteiger partial charge in [-0.2, -0.15) is 0 Å². The van der Waals surface area contributed by atoms with Crippen molar-refractivity contribution in [2.75, 3.05) is 0 Å². The molecular weight excluding hydrogens is 256 g/mol. The van der Waals surface area contributed by atoms with E-state index in [4.69, 9.17) is 9.90 Å². The number of carboxylic acids is 1. The van der Waals surface area contributed by atoms with E-state index in [0.29, 0.717) is 5.56 Å². The zero-order chi connectivity index (χ0) is 15.0. The Morgan fingerprint density at radius 1 is 0.900 bits per heavy atom. The van der Waals surface area contributed by atoms with E-state index in [-0.39, 0.29) is 11.5 Å². The van der Waals surface area contributed by atoms with Crippen molar-refractivity contribution in [1.29, 1.82) is 0 Å². The predicted octanol–water partition coefficient (Wildman–Crippen LogP) is 3.36. The molecule has 0 aliphatic rings. The van der Waals surface area contributed by atoms with Crippen molar-refractivity contribution < 1.29 is 20.1 Å². The molecule has 2 aromatic carbocycles. The van der Waals surface area contributed by atoms with Crippen LogP contribution in [0.1, 0.15) is 18.1 Å². The summed E-state index contributed by atoms with van der Waals surface area (Å²) in [6.07, 6.45) is 3.54. The zero-order valence-electron chi connectivity index (χ0n) is 11.0. The Labute approximate surface area is 117 Å². The molecule has 0 aromatic heterocycles. The number of aromatic hydroxyl groups is 2. The molecule has 4 nitrogen and oxygen atoms in total. The first-order valence-corrected chi connectivity index (χ1v) is 5.94. The molecule has 2 rings (SSSR count). The number of aliphatic carboxylic acids is 1. The monoisotopic (exact) mass is 272 g/mol. The maximum atomic E-state index is 9.56. The summed E-state index contributed by atoms with van der Waals surface area (Å²) in [4.78, 5) is 9.00. The quantitative estimate of drug-likeness (QED) is 0.732. The van der Waals surface area contributed by atoms with Gasteiger partial charge in [0.25, 0.3) is 5.97 Å². The SMILES string of the molecule is CC(=O)O.Oc1cccc(O)c1C=Cc1ccccc1.